The van der Waals surface area contributed by atoms with E-state index >= 15 is 0 Å². The van der Waals surface area contributed by atoms with E-state index in [0.717, 1.165) is 9.87 Å². The maximum Gasteiger partial charge on any atom is 0.264 e. The normalized spacial score (nSPS) is 12.2. The van der Waals surface area contributed by atoms with E-state index in [2.05, 4.69) is 15.4 Å². The Morgan fingerprint density at radius 3 is 2.53 bits per heavy atom. The molecule has 8 nitrogen and oxygen atoms in total. The summed E-state index contributed by atoms with van der Waals surface area (Å²) in [5.74, 6) is -0.406. The van der Waals surface area contributed by atoms with Crippen LogP contribution in [-0.2, 0) is 16.6 Å². The number of benzene rings is 3. The lowest BCUT2D eigenvalue weighted by atomic mass is 10.1. The van der Waals surface area contributed by atoms with Gasteiger partial charge in [-0.15, -0.1) is 0 Å². The second kappa shape index (κ2) is 10.1. The lowest BCUT2D eigenvalue weighted by molar-refractivity contribution is 0.0931. The van der Waals surface area contributed by atoms with Crippen molar-refractivity contribution in [3.05, 3.63) is 108 Å². The Kier molecular flexibility index (Phi) is 6.95. The van der Waals surface area contributed by atoms with E-state index in [4.69, 9.17) is 11.6 Å². The van der Waals surface area contributed by atoms with Gasteiger partial charge in [0.1, 0.15) is 12.7 Å². The van der Waals surface area contributed by atoms with Crippen LogP contribution in [-0.4, -0.2) is 36.1 Å². The smallest absolute Gasteiger partial charge is 0.264 e. The molecule has 4 aromatic rings. The summed E-state index contributed by atoms with van der Waals surface area (Å²) in [6.45, 7) is 0.366. The molecular weight excluding hydrogens is 474 g/mol. The summed E-state index contributed by atoms with van der Waals surface area (Å²) in [6.07, 6.45) is 3.00. The highest BCUT2D eigenvalue weighted by atomic mass is 35.5. The predicted molar refractivity (Wildman–Crippen MR) is 130 cm³/mol. The molecule has 0 saturated carbocycles. The molecule has 0 aliphatic heterocycles. The molecule has 0 bridgehead atoms. The molecule has 0 saturated heterocycles. The van der Waals surface area contributed by atoms with Crippen molar-refractivity contribution in [3.63, 3.8) is 0 Å². The third-order valence-electron chi connectivity index (χ3n) is 5.27. The zero-order valence-electron chi connectivity index (χ0n) is 18.2. The van der Waals surface area contributed by atoms with Crippen molar-refractivity contribution in [1.82, 2.24) is 20.1 Å². The van der Waals surface area contributed by atoms with Crippen molar-refractivity contribution < 1.29 is 13.2 Å². The van der Waals surface area contributed by atoms with Crippen molar-refractivity contribution in [3.8, 4) is 0 Å². The molecular formula is C24H22ClN5O3S. The van der Waals surface area contributed by atoms with Crippen LogP contribution in [0.25, 0.3) is 0 Å². The molecule has 0 spiro atoms. The molecule has 1 amide bonds. The first-order chi connectivity index (χ1) is 16.3. The minimum absolute atomic E-state index is 0.00448. The zero-order valence-corrected chi connectivity index (χ0v) is 19.8. The van der Waals surface area contributed by atoms with Crippen LogP contribution in [0.1, 0.15) is 22.0 Å². The molecule has 0 radical (unpaired) electrons. The number of nitrogens with zero attached hydrogens (tertiary/aromatic N) is 4. The van der Waals surface area contributed by atoms with Gasteiger partial charge in [0.25, 0.3) is 15.9 Å². The molecule has 174 valence electrons. The maximum atomic E-state index is 13.2. The summed E-state index contributed by atoms with van der Waals surface area (Å²) in [5.41, 5.74) is 1.52. The molecule has 4 rings (SSSR count). The predicted octanol–water partition coefficient (Wildman–Crippen LogP) is 3.93. The highest BCUT2D eigenvalue weighted by Crippen LogP contribution is 2.25. The van der Waals surface area contributed by atoms with Crippen molar-refractivity contribution in [1.29, 1.82) is 0 Å². The Bertz CT molecular complexity index is 1380. The van der Waals surface area contributed by atoms with Crippen LogP contribution in [0.4, 0.5) is 5.69 Å². The van der Waals surface area contributed by atoms with E-state index in [0.29, 0.717) is 17.3 Å². The summed E-state index contributed by atoms with van der Waals surface area (Å²) in [4.78, 5) is 17.1. The van der Waals surface area contributed by atoms with Crippen LogP contribution < -0.4 is 9.62 Å². The number of halogens is 1. The Morgan fingerprint density at radius 2 is 1.82 bits per heavy atom. The van der Waals surface area contributed by atoms with Crippen LogP contribution in [0.2, 0.25) is 5.02 Å². The lowest BCUT2D eigenvalue weighted by Crippen LogP contribution is -2.32. The van der Waals surface area contributed by atoms with E-state index in [1.54, 1.807) is 47.4 Å². The SMILES string of the molecule is CN(c1cccc(Cl)c1)S(=O)(=O)c1cccc(C(=O)NC(Cn2cncn2)c2ccccc2)c1. The monoisotopic (exact) mass is 495 g/mol. The molecule has 1 unspecified atom stereocenters. The number of carbonyl (C=O) groups is 1. The van der Waals surface area contributed by atoms with Gasteiger partial charge in [-0.3, -0.25) is 13.8 Å². The van der Waals surface area contributed by atoms with E-state index < -0.39 is 22.0 Å². The summed E-state index contributed by atoms with van der Waals surface area (Å²) in [7, 11) is -2.47. The molecule has 10 heteroatoms. The van der Waals surface area contributed by atoms with Crippen molar-refractivity contribution in [2.24, 2.45) is 0 Å². The van der Waals surface area contributed by atoms with E-state index in [9.17, 15) is 13.2 Å². The summed E-state index contributed by atoms with van der Waals surface area (Å²) in [5, 5.41) is 7.53. The second-order valence-electron chi connectivity index (χ2n) is 7.53. The first kappa shape index (κ1) is 23.5. The van der Waals surface area contributed by atoms with E-state index in [1.165, 1.54) is 25.5 Å². The van der Waals surface area contributed by atoms with Gasteiger partial charge in [-0.1, -0.05) is 54.1 Å². The Morgan fingerprint density at radius 1 is 1.06 bits per heavy atom. The van der Waals surface area contributed by atoms with Gasteiger partial charge in [-0.2, -0.15) is 5.10 Å². The minimum Gasteiger partial charge on any atom is -0.343 e. The number of carbonyl (C=O) groups excluding carboxylic acids is 1. The van der Waals surface area contributed by atoms with Crippen LogP contribution >= 0.6 is 11.6 Å². The van der Waals surface area contributed by atoms with Gasteiger partial charge in [-0.25, -0.2) is 13.4 Å². The fourth-order valence-corrected chi connectivity index (χ4v) is 4.86. The maximum absolute atomic E-state index is 13.2. The third-order valence-corrected chi connectivity index (χ3v) is 7.29. The van der Waals surface area contributed by atoms with Gasteiger partial charge in [0, 0.05) is 17.6 Å². The summed E-state index contributed by atoms with van der Waals surface area (Å²) >= 11 is 6.02. The highest BCUT2D eigenvalue weighted by Gasteiger charge is 2.23. The summed E-state index contributed by atoms with van der Waals surface area (Å²) < 4.78 is 29.2. The van der Waals surface area contributed by atoms with E-state index in [-0.39, 0.29) is 10.5 Å². The van der Waals surface area contributed by atoms with Crippen LogP contribution in [0.15, 0.2) is 96.4 Å². The number of hydrogen-bond donors (Lipinski definition) is 1. The Balaban J connectivity index is 1.59. The van der Waals surface area contributed by atoms with E-state index in [1.807, 2.05) is 30.3 Å². The first-order valence-electron chi connectivity index (χ1n) is 10.4. The van der Waals surface area contributed by atoms with Crippen LogP contribution in [0, 0.1) is 0 Å². The van der Waals surface area contributed by atoms with Crippen LogP contribution in [0.5, 0.6) is 0 Å². The van der Waals surface area contributed by atoms with Gasteiger partial charge in [0.05, 0.1) is 23.2 Å². The quantitative estimate of drug-likeness (QED) is 0.399. The van der Waals surface area contributed by atoms with Gasteiger partial charge < -0.3 is 5.32 Å². The number of hydrogen-bond acceptors (Lipinski definition) is 5. The third kappa shape index (κ3) is 5.27. The fourth-order valence-electron chi connectivity index (χ4n) is 3.44. The molecule has 1 N–H and O–H groups in total. The van der Waals surface area contributed by atoms with Gasteiger partial charge in [0.15, 0.2) is 0 Å². The molecule has 0 aliphatic rings. The second-order valence-corrected chi connectivity index (χ2v) is 9.94. The molecule has 1 aromatic heterocycles. The fraction of sp³-hybridized carbons (Fsp3) is 0.125. The largest absolute Gasteiger partial charge is 0.343 e. The summed E-state index contributed by atoms with van der Waals surface area (Å²) in [6, 6.07) is 21.6. The molecule has 0 fully saturated rings. The topological polar surface area (TPSA) is 97.2 Å². The van der Waals surface area contributed by atoms with Crippen LogP contribution in [0.3, 0.4) is 0 Å². The standard InChI is InChI=1S/C24H22ClN5O3S/c1-29(21-11-6-10-20(25)14-21)34(32,33)22-12-5-9-19(13-22)24(31)28-23(15-30-17-26-16-27-30)18-7-3-2-4-8-18/h2-14,16-17,23H,15H2,1H3,(H,28,31). The number of aromatic nitrogens is 3. The highest BCUT2D eigenvalue weighted by molar-refractivity contribution is 7.92. The number of anilines is 1. The molecule has 3 aromatic carbocycles. The minimum atomic E-state index is -3.91. The first-order valence-corrected chi connectivity index (χ1v) is 12.2. The van der Waals surface area contributed by atoms with Gasteiger partial charge in [0.2, 0.25) is 0 Å². The van der Waals surface area contributed by atoms with Crippen molar-refractivity contribution in [2.45, 2.75) is 17.5 Å². The molecule has 1 heterocycles. The van der Waals surface area contributed by atoms with Gasteiger partial charge >= 0.3 is 0 Å². The Hall–Kier alpha value is -3.69. The van der Waals surface area contributed by atoms with Gasteiger partial charge in [-0.05, 0) is 42.0 Å². The lowest BCUT2D eigenvalue weighted by Gasteiger charge is -2.21. The number of nitrogens with one attached hydrogen (secondary N) is 1. The van der Waals surface area contributed by atoms with Crippen molar-refractivity contribution in [2.75, 3.05) is 11.4 Å². The average molecular weight is 496 g/mol. The molecule has 0 aliphatic carbocycles. The Labute approximate surface area is 202 Å². The number of rotatable bonds is 8. The number of amides is 1. The molecule has 1 atom stereocenters. The zero-order chi connectivity index (χ0) is 24.1. The molecule has 34 heavy (non-hydrogen) atoms. The average Bonchev–Trinajstić information content (AvgIpc) is 3.37. The number of sulfonamides is 1. The van der Waals surface area contributed by atoms with Crippen molar-refractivity contribution >= 4 is 33.2 Å².